The fourth-order valence-corrected chi connectivity index (χ4v) is 7.30. The lowest BCUT2D eigenvalue weighted by Crippen LogP contribution is -2.49. The maximum Gasteiger partial charge on any atom is 0.0664 e. The third-order valence-corrected chi connectivity index (χ3v) is 8.79. The van der Waals surface area contributed by atoms with Gasteiger partial charge in [-0.05, 0) is 85.0 Å². The molecule has 0 spiro atoms. The summed E-state index contributed by atoms with van der Waals surface area (Å²) >= 11 is 0. The zero-order valence-electron chi connectivity index (χ0n) is 15.9. The van der Waals surface area contributed by atoms with Crippen LogP contribution in [0.2, 0.25) is 0 Å². The molecule has 2 saturated carbocycles. The molecule has 0 N–H and O–H groups in total. The Labute approximate surface area is 148 Å². The fourth-order valence-electron chi connectivity index (χ4n) is 7.30. The molecule has 7 unspecified atom stereocenters. The highest BCUT2D eigenvalue weighted by molar-refractivity contribution is 5.37. The van der Waals surface area contributed by atoms with Crippen LogP contribution in [-0.4, -0.2) is 0 Å². The van der Waals surface area contributed by atoms with Gasteiger partial charge in [0.05, 0.1) is 12.0 Å². The van der Waals surface area contributed by atoms with Gasteiger partial charge in [0.15, 0.2) is 0 Å². The molecule has 4 aliphatic rings. The Hall–Kier alpha value is -1.03. The second-order valence-electron chi connectivity index (χ2n) is 9.71. The first-order valence-electron chi connectivity index (χ1n) is 10.2. The Balaban J connectivity index is 1.70. The van der Waals surface area contributed by atoms with Crippen molar-refractivity contribution in [1.29, 1.82) is 5.26 Å². The van der Waals surface area contributed by atoms with Crippen molar-refractivity contribution in [2.45, 2.75) is 72.6 Å². The summed E-state index contributed by atoms with van der Waals surface area (Å²) in [6, 6.07) is 2.70. The molecule has 24 heavy (non-hydrogen) atoms. The summed E-state index contributed by atoms with van der Waals surface area (Å²) in [7, 11) is 0. The van der Waals surface area contributed by atoms with Crippen LogP contribution in [0.1, 0.15) is 72.6 Å². The van der Waals surface area contributed by atoms with Crippen LogP contribution in [0.4, 0.5) is 0 Å². The van der Waals surface area contributed by atoms with E-state index in [1.165, 1.54) is 44.9 Å². The zero-order chi connectivity index (χ0) is 17.1. The van der Waals surface area contributed by atoms with Gasteiger partial charge >= 0.3 is 0 Å². The van der Waals surface area contributed by atoms with Crippen LogP contribution >= 0.6 is 0 Å². The minimum Gasteiger partial charge on any atom is -0.198 e. The van der Waals surface area contributed by atoms with Gasteiger partial charge in [-0.3, -0.25) is 0 Å². The number of fused-ring (bicyclic) bond motifs is 5. The molecule has 7 atom stereocenters. The summed E-state index contributed by atoms with van der Waals surface area (Å²) in [5, 5.41) is 9.76. The predicted octanol–water partition coefficient (Wildman–Crippen LogP) is 6.28. The van der Waals surface area contributed by atoms with E-state index >= 15 is 0 Å². The largest absolute Gasteiger partial charge is 0.198 e. The first-order valence-corrected chi connectivity index (χ1v) is 10.2. The number of nitriles is 1. The molecular weight excluding hydrogens is 290 g/mol. The van der Waals surface area contributed by atoms with Crippen LogP contribution in [-0.2, 0) is 0 Å². The average Bonchev–Trinajstić information content (AvgIpc) is 2.83. The molecular formula is C23H33N. The van der Waals surface area contributed by atoms with Crippen molar-refractivity contribution in [3.63, 3.8) is 0 Å². The second kappa shape index (κ2) is 5.48. The molecule has 0 radical (unpaired) electrons. The van der Waals surface area contributed by atoms with Gasteiger partial charge in [0.1, 0.15) is 0 Å². The fraction of sp³-hybridized carbons (Fsp3) is 0.783. The first kappa shape index (κ1) is 16.4. The van der Waals surface area contributed by atoms with E-state index in [1.807, 2.05) is 0 Å². The van der Waals surface area contributed by atoms with Gasteiger partial charge < -0.3 is 0 Å². The van der Waals surface area contributed by atoms with Crippen LogP contribution in [0.5, 0.6) is 0 Å². The molecule has 0 aromatic rings. The van der Waals surface area contributed by atoms with E-state index in [2.05, 4.69) is 45.9 Å². The maximum atomic E-state index is 9.76. The first-order chi connectivity index (χ1) is 11.4. The van der Waals surface area contributed by atoms with Gasteiger partial charge in [-0.2, -0.15) is 5.26 Å². The zero-order valence-corrected chi connectivity index (χ0v) is 15.9. The van der Waals surface area contributed by atoms with Crippen molar-refractivity contribution >= 4 is 0 Å². The highest BCUT2D eigenvalue weighted by Crippen LogP contribution is 2.66. The molecule has 0 amide bonds. The van der Waals surface area contributed by atoms with Crippen molar-refractivity contribution in [2.24, 2.45) is 40.4 Å². The summed E-state index contributed by atoms with van der Waals surface area (Å²) in [6.45, 7) is 9.63. The SMILES string of the molecule is CCC1=CC2=CCC3C(CCC4(C)C(C#N)C(C)CC34)C2(C)CC1. The number of hydrogen-bond donors (Lipinski definition) is 0. The number of hydrogen-bond acceptors (Lipinski definition) is 1. The van der Waals surface area contributed by atoms with Crippen molar-refractivity contribution in [1.82, 2.24) is 0 Å². The van der Waals surface area contributed by atoms with Crippen molar-refractivity contribution < 1.29 is 0 Å². The minimum atomic E-state index is 0.274. The average molecular weight is 324 g/mol. The molecule has 1 heteroatoms. The summed E-state index contributed by atoms with van der Waals surface area (Å²) in [4.78, 5) is 0. The number of rotatable bonds is 1. The molecule has 0 aromatic carbocycles. The van der Waals surface area contributed by atoms with Crippen LogP contribution < -0.4 is 0 Å². The minimum absolute atomic E-state index is 0.274. The molecule has 130 valence electrons. The van der Waals surface area contributed by atoms with E-state index in [4.69, 9.17) is 0 Å². The quantitative estimate of drug-likeness (QED) is 0.557. The monoisotopic (exact) mass is 323 g/mol. The smallest absolute Gasteiger partial charge is 0.0664 e. The lowest BCUT2D eigenvalue weighted by atomic mass is 9.48. The Morgan fingerprint density at radius 2 is 2.04 bits per heavy atom. The highest BCUT2D eigenvalue weighted by Gasteiger charge is 2.60. The molecule has 1 nitrogen and oxygen atoms in total. The third kappa shape index (κ3) is 2.04. The summed E-state index contributed by atoms with van der Waals surface area (Å²) in [5.74, 6) is 3.28. The van der Waals surface area contributed by atoms with Gasteiger partial charge in [-0.15, -0.1) is 0 Å². The molecule has 2 fully saturated rings. The van der Waals surface area contributed by atoms with Crippen LogP contribution in [0.3, 0.4) is 0 Å². The van der Waals surface area contributed by atoms with Gasteiger partial charge in [0.2, 0.25) is 0 Å². The van der Waals surface area contributed by atoms with E-state index in [1.54, 1.807) is 11.1 Å². The Kier molecular flexibility index (Phi) is 3.76. The maximum absolute atomic E-state index is 9.76. The normalized spacial score (nSPS) is 50.0. The van der Waals surface area contributed by atoms with Crippen LogP contribution in [0, 0.1) is 51.8 Å². The Morgan fingerprint density at radius 1 is 1.25 bits per heavy atom. The summed E-state index contributed by atoms with van der Waals surface area (Å²) < 4.78 is 0. The second-order valence-corrected chi connectivity index (χ2v) is 9.71. The highest BCUT2D eigenvalue weighted by atomic mass is 14.6. The van der Waals surface area contributed by atoms with Gasteiger partial charge in [0.25, 0.3) is 0 Å². The molecule has 0 heterocycles. The van der Waals surface area contributed by atoms with Crippen LogP contribution in [0.15, 0.2) is 23.3 Å². The number of allylic oxidation sites excluding steroid dienone is 4. The number of nitrogens with zero attached hydrogens (tertiary/aromatic N) is 1. The van der Waals surface area contributed by atoms with E-state index in [0.717, 1.165) is 17.8 Å². The van der Waals surface area contributed by atoms with Gasteiger partial charge in [-0.25, -0.2) is 0 Å². The van der Waals surface area contributed by atoms with E-state index < -0.39 is 0 Å². The molecule has 0 saturated heterocycles. The standard InChI is InChI=1S/C23H33N/c1-5-16-8-10-22(3)17(13-16)6-7-18-19(22)9-11-23(4)20(18)12-15(2)21(23)14-24/h6,13,15,18-21H,5,7-12H2,1-4H3. The predicted molar refractivity (Wildman–Crippen MR) is 99.1 cm³/mol. The lowest BCUT2D eigenvalue weighted by Gasteiger charge is -2.56. The molecule has 0 aromatic heterocycles. The van der Waals surface area contributed by atoms with Crippen molar-refractivity contribution in [3.8, 4) is 6.07 Å². The van der Waals surface area contributed by atoms with E-state index in [0.29, 0.717) is 11.3 Å². The van der Waals surface area contributed by atoms with Gasteiger partial charge in [0, 0.05) is 0 Å². The lowest BCUT2D eigenvalue weighted by molar-refractivity contribution is -0.0282. The summed E-state index contributed by atoms with van der Waals surface area (Å²) in [5.41, 5.74) is 3.97. The molecule has 4 rings (SSSR count). The molecule has 0 aliphatic heterocycles. The summed E-state index contributed by atoms with van der Waals surface area (Å²) in [6.07, 6.45) is 14.1. The van der Waals surface area contributed by atoms with Crippen molar-refractivity contribution in [3.05, 3.63) is 23.3 Å². The third-order valence-electron chi connectivity index (χ3n) is 8.79. The van der Waals surface area contributed by atoms with E-state index in [9.17, 15) is 5.26 Å². The van der Waals surface area contributed by atoms with Crippen LogP contribution in [0.25, 0.3) is 0 Å². The van der Waals surface area contributed by atoms with Crippen molar-refractivity contribution in [2.75, 3.05) is 0 Å². The van der Waals surface area contributed by atoms with E-state index in [-0.39, 0.29) is 11.3 Å². The Morgan fingerprint density at radius 3 is 2.75 bits per heavy atom. The Bertz CT molecular complexity index is 635. The molecule has 0 bridgehead atoms. The van der Waals surface area contributed by atoms with Gasteiger partial charge in [-0.1, -0.05) is 45.4 Å². The molecule has 4 aliphatic carbocycles. The topological polar surface area (TPSA) is 23.8 Å².